The van der Waals surface area contributed by atoms with E-state index in [1.807, 2.05) is 30.7 Å². The Bertz CT molecular complexity index is 709. The number of anilines is 2. The first kappa shape index (κ1) is 13.5. The molecule has 1 unspecified atom stereocenters. The highest BCUT2D eigenvalue weighted by Crippen LogP contribution is 2.34. The first-order valence-corrected chi connectivity index (χ1v) is 6.93. The van der Waals surface area contributed by atoms with Crippen molar-refractivity contribution in [3.8, 4) is 0 Å². The van der Waals surface area contributed by atoms with Crippen LogP contribution in [0.4, 0.5) is 16.2 Å². The third kappa shape index (κ3) is 2.24. The average Bonchev–Trinajstić information content (AvgIpc) is 2.95. The number of amides is 1. The number of hydrogen-bond acceptors (Lipinski definition) is 4. The molecule has 1 aromatic heterocycles. The van der Waals surface area contributed by atoms with Crippen molar-refractivity contribution in [2.75, 3.05) is 23.7 Å². The molecule has 2 heterocycles. The zero-order valence-electron chi connectivity index (χ0n) is 12.1. The van der Waals surface area contributed by atoms with Crippen LogP contribution in [0.3, 0.4) is 0 Å². The van der Waals surface area contributed by atoms with E-state index in [0.29, 0.717) is 12.2 Å². The smallest absolute Gasteiger partial charge is 0.404 e. The summed E-state index contributed by atoms with van der Waals surface area (Å²) < 4.78 is 2.03. The van der Waals surface area contributed by atoms with Crippen LogP contribution < -0.4 is 16.0 Å². The lowest BCUT2D eigenvalue weighted by atomic mass is 10.2. The average molecular weight is 289 g/mol. The van der Waals surface area contributed by atoms with E-state index in [-0.39, 0.29) is 6.04 Å². The largest absolute Gasteiger partial charge is 0.465 e. The Balaban J connectivity index is 1.99. The number of rotatable bonds is 2. The fraction of sp³-hybridized carbons (Fsp3) is 0.429. The van der Waals surface area contributed by atoms with Gasteiger partial charge in [0.25, 0.3) is 0 Å². The standard InChI is InChI=1S/C14H19N5O2/c1-8-16-12-11(18(8)2)4-3-10(15)13(12)19-6-5-9(7-19)17-14(20)21/h3-4,9,17H,5-7,15H2,1-2H3,(H,20,21). The summed E-state index contributed by atoms with van der Waals surface area (Å²) in [5.41, 5.74) is 9.64. The zero-order valence-corrected chi connectivity index (χ0v) is 12.1. The predicted octanol–water partition coefficient (Wildman–Crippen LogP) is 1.31. The highest BCUT2D eigenvalue weighted by Gasteiger charge is 2.27. The van der Waals surface area contributed by atoms with Crippen molar-refractivity contribution in [2.45, 2.75) is 19.4 Å². The summed E-state index contributed by atoms with van der Waals surface area (Å²) in [5, 5.41) is 11.4. The highest BCUT2D eigenvalue weighted by molar-refractivity contribution is 5.96. The predicted molar refractivity (Wildman–Crippen MR) is 81.6 cm³/mol. The fourth-order valence-corrected chi connectivity index (χ4v) is 2.96. The van der Waals surface area contributed by atoms with Gasteiger partial charge in [-0.05, 0) is 25.5 Å². The van der Waals surface area contributed by atoms with Gasteiger partial charge in [0.2, 0.25) is 0 Å². The molecule has 7 nitrogen and oxygen atoms in total. The van der Waals surface area contributed by atoms with Crippen molar-refractivity contribution in [1.29, 1.82) is 0 Å². The first-order chi connectivity index (χ1) is 9.97. The van der Waals surface area contributed by atoms with Crippen molar-refractivity contribution >= 4 is 28.5 Å². The van der Waals surface area contributed by atoms with Crippen LogP contribution in [0, 0.1) is 6.92 Å². The lowest BCUT2D eigenvalue weighted by Gasteiger charge is -2.21. The van der Waals surface area contributed by atoms with Crippen molar-refractivity contribution < 1.29 is 9.90 Å². The second-order valence-corrected chi connectivity index (χ2v) is 5.47. The number of carbonyl (C=O) groups is 1. The van der Waals surface area contributed by atoms with E-state index >= 15 is 0 Å². The number of hydrogen-bond donors (Lipinski definition) is 3. The summed E-state index contributed by atoms with van der Waals surface area (Å²) in [6, 6.07) is 3.79. The van der Waals surface area contributed by atoms with Crippen molar-refractivity contribution in [1.82, 2.24) is 14.9 Å². The molecule has 2 aromatic rings. The molecule has 1 aromatic carbocycles. The second-order valence-electron chi connectivity index (χ2n) is 5.47. The van der Waals surface area contributed by atoms with Crippen LogP contribution in [0.25, 0.3) is 11.0 Å². The topological polar surface area (TPSA) is 96.4 Å². The number of carboxylic acid groups (broad SMARTS) is 1. The summed E-state index contributed by atoms with van der Waals surface area (Å²) in [6.07, 6.45) is -0.213. The summed E-state index contributed by atoms with van der Waals surface area (Å²) >= 11 is 0. The maximum atomic E-state index is 10.8. The SMILES string of the molecule is Cc1nc2c(N3CCC(NC(=O)O)C3)c(N)ccc2n1C. The van der Waals surface area contributed by atoms with E-state index in [0.717, 1.165) is 35.5 Å². The van der Waals surface area contributed by atoms with Crippen molar-refractivity contribution in [3.05, 3.63) is 18.0 Å². The van der Waals surface area contributed by atoms with E-state index in [9.17, 15) is 4.79 Å². The number of nitrogens with zero attached hydrogens (tertiary/aromatic N) is 3. The Morgan fingerprint density at radius 3 is 3.00 bits per heavy atom. The van der Waals surface area contributed by atoms with Crippen LogP contribution >= 0.6 is 0 Å². The summed E-state index contributed by atoms with van der Waals surface area (Å²) in [5.74, 6) is 0.927. The van der Waals surface area contributed by atoms with Gasteiger partial charge in [0, 0.05) is 20.1 Å². The monoisotopic (exact) mass is 289 g/mol. The van der Waals surface area contributed by atoms with Gasteiger partial charge in [0.1, 0.15) is 11.3 Å². The lowest BCUT2D eigenvalue weighted by Crippen LogP contribution is -2.36. The molecule has 0 aliphatic carbocycles. The molecule has 3 rings (SSSR count). The number of nitrogens with two attached hydrogens (primary N) is 1. The zero-order chi connectivity index (χ0) is 15.1. The van der Waals surface area contributed by atoms with Crippen LogP contribution in [0.5, 0.6) is 0 Å². The van der Waals surface area contributed by atoms with Gasteiger partial charge in [-0.15, -0.1) is 0 Å². The van der Waals surface area contributed by atoms with Crippen molar-refractivity contribution in [3.63, 3.8) is 0 Å². The maximum Gasteiger partial charge on any atom is 0.404 e. The third-order valence-corrected chi connectivity index (χ3v) is 4.11. The van der Waals surface area contributed by atoms with E-state index < -0.39 is 6.09 Å². The number of nitrogens with one attached hydrogen (secondary N) is 1. The normalized spacial score (nSPS) is 18.4. The van der Waals surface area contributed by atoms with E-state index in [1.165, 1.54) is 0 Å². The number of imidazole rings is 1. The molecule has 0 radical (unpaired) electrons. The summed E-state index contributed by atoms with van der Waals surface area (Å²) in [4.78, 5) is 17.5. The molecule has 0 saturated carbocycles. The Morgan fingerprint density at radius 1 is 1.52 bits per heavy atom. The van der Waals surface area contributed by atoms with Gasteiger partial charge in [-0.2, -0.15) is 0 Å². The Morgan fingerprint density at radius 2 is 2.29 bits per heavy atom. The molecule has 0 spiro atoms. The van der Waals surface area contributed by atoms with Gasteiger partial charge in [0.05, 0.1) is 22.9 Å². The molecule has 21 heavy (non-hydrogen) atoms. The molecule has 7 heteroatoms. The van der Waals surface area contributed by atoms with Crippen LogP contribution in [0.1, 0.15) is 12.2 Å². The van der Waals surface area contributed by atoms with Crippen molar-refractivity contribution in [2.24, 2.45) is 7.05 Å². The summed E-state index contributed by atoms with van der Waals surface area (Å²) in [6.45, 7) is 3.34. The molecule has 1 fully saturated rings. The Hall–Kier alpha value is -2.44. The number of nitrogen functional groups attached to an aromatic ring is 1. The minimum atomic E-state index is -0.985. The van der Waals surface area contributed by atoms with Gasteiger partial charge in [0.15, 0.2) is 0 Å². The van der Waals surface area contributed by atoms with Crippen LogP contribution in [-0.4, -0.2) is 39.9 Å². The van der Waals surface area contributed by atoms with E-state index in [1.54, 1.807) is 0 Å². The molecule has 1 aliphatic heterocycles. The molecular formula is C14H19N5O2. The minimum Gasteiger partial charge on any atom is -0.465 e. The van der Waals surface area contributed by atoms with Gasteiger partial charge < -0.3 is 25.6 Å². The molecule has 1 saturated heterocycles. The number of benzene rings is 1. The Labute approximate surface area is 122 Å². The maximum absolute atomic E-state index is 10.8. The quantitative estimate of drug-likeness (QED) is 0.724. The van der Waals surface area contributed by atoms with Gasteiger partial charge in [-0.1, -0.05) is 0 Å². The molecular weight excluding hydrogens is 270 g/mol. The second kappa shape index (κ2) is 4.83. The van der Waals surface area contributed by atoms with Crippen LogP contribution in [0.2, 0.25) is 0 Å². The molecule has 1 atom stereocenters. The molecule has 1 aliphatic rings. The molecule has 112 valence electrons. The fourth-order valence-electron chi connectivity index (χ4n) is 2.96. The molecule has 4 N–H and O–H groups in total. The van der Waals surface area contributed by atoms with Gasteiger partial charge in [-0.25, -0.2) is 9.78 Å². The van der Waals surface area contributed by atoms with Gasteiger partial charge in [-0.3, -0.25) is 0 Å². The molecule has 1 amide bonds. The first-order valence-electron chi connectivity index (χ1n) is 6.93. The van der Waals surface area contributed by atoms with Crippen LogP contribution in [-0.2, 0) is 7.05 Å². The van der Waals surface area contributed by atoms with Crippen LogP contribution in [0.15, 0.2) is 12.1 Å². The van der Waals surface area contributed by atoms with Gasteiger partial charge >= 0.3 is 6.09 Å². The molecule has 0 bridgehead atoms. The number of fused-ring (bicyclic) bond motifs is 1. The Kier molecular flexibility index (Phi) is 3.12. The highest BCUT2D eigenvalue weighted by atomic mass is 16.4. The van der Waals surface area contributed by atoms with E-state index in [4.69, 9.17) is 10.8 Å². The van der Waals surface area contributed by atoms with E-state index in [2.05, 4.69) is 15.2 Å². The lowest BCUT2D eigenvalue weighted by molar-refractivity contribution is 0.191. The number of aryl methyl sites for hydroxylation is 2. The minimum absolute atomic E-state index is 0.0676. The summed E-state index contributed by atoms with van der Waals surface area (Å²) in [7, 11) is 1.98. The third-order valence-electron chi connectivity index (χ3n) is 4.11. The number of aromatic nitrogens is 2.